The smallest absolute Gasteiger partial charge is 0.0480 e. The average Bonchev–Trinajstić information content (AvgIpc) is 2.15. The topological polar surface area (TPSA) is 12.0 Å². The van der Waals surface area contributed by atoms with Gasteiger partial charge in [-0.25, -0.2) is 0 Å². The van der Waals surface area contributed by atoms with E-state index in [0.29, 0.717) is 6.04 Å². The van der Waals surface area contributed by atoms with Crippen LogP contribution in [0.2, 0.25) is 0 Å². The lowest BCUT2D eigenvalue weighted by Crippen LogP contribution is -2.10. The highest BCUT2D eigenvalue weighted by molar-refractivity contribution is 5.18. The van der Waals surface area contributed by atoms with E-state index in [4.69, 9.17) is 0 Å². The molecule has 1 rings (SSSR count). The van der Waals surface area contributed by atoms with Crippen molar-refractivity contribution in [2.45, 2.75) is 19.9 Å². The summed E-state index contributed by atoms with van der Waals surface area (Å²) < 4.78 is 0. The van der Waals surface area contributed by atoms with E-state index >= 15 is 0 Å². The third-order valence-corrected chi connectivity index (χ3v) is 1.81. The van der Waals surface area contributed by atoms with Crippen LogP contribution in [0.4, 0.5) is 0 Å². The zero-order valence-corrected chi connectivity index (χ0v) is 7.62. The number of benzene rings is 1. The summed E-state index contributed by atoms with van der Waals surface area (Å²) in [6.07, 6.45) is 3.97. The maximum atomic E-state index is 3.27. The number of hydrogen-bond donors (Lipinski definition) is 1. The van der Waals surface area contributed by atoms with Crippen molar-refractivity contribution in [2.24, 2.45) is 0 Å². The first kappa shape index (κ1) is 8.85. The van der Waals surface area contributed by atoms with E-state index in [0.717, 1.165) is 0 Å². The molecule has 0 amide bonds. The molecule has 0 saturated heterocycles. The molecule has 1 N–H and O–H groups in total. The SMILES string of the molecule is C/C=C\NC(C)c1ccccc1. The van der Waals surface area contributed by atoms with Crippen molar-refractivity contribution in [3.8, 4) is 0 Å². The van der Waals surface area contributed by atoms with Crippen LogP contribution in [0, 0.1) is 0 Å². The summed E-state index contributed by atoms with van der Waals surface area (Å²) in [5, 5.41) is 3.27. The summed E-state index contributed by atoms with van der Waals surface area (Å²) in [7, 11) is 0. The van der Waals surface area contributed by atoms with Crippen LogP contribution in [-0.2, 0) is 0 Å². The Morgan fingerprint density at radius 2 is 1.92 bits per heavy atom. The largest absolute Gasteiger partial charge is 0.385 e. The van der Waals surface area contributed by atoms with Gasteiger partial charge in [0.05, 0.1) is 0 Å². The molecule has 64 valence electrons. The van der Waals surface area contributed by atoms with Gasteiger partial charge in [-0.1, -0.05) is 36.4 Å². The number of hydrogen-bond acceptors (Lipinski definition) is 1. The summed E-state index contributed by atoms with van der Waals surface area (Å²) in [6.45, 7) is 4.15. The van der Waals surface area contributed by atoms with E-state index < -0.39 is 0 Å². The Bertz CT molecular complexity index is 238. The molecule has 12 heavy (non-hydrogen) atoms. The van der Waals surface area contributed by atoms with Crippen molar-refractivity contribution in [2.75, 3.05) is 0 Å². The van der Waals surface area contributed by atoms with Crippen molar-refractivity contribution in [3.05, 3.63) is 48.2 Å². The zero-order valence-electron chi connectivity index (χ0n) is 7.62. The van der Waals surface area contributed by atoms with Crippen LogP contribution in [0.5, 0.6) is 0 Å². The van der Waals surface area contributed by atoms with Gasteiger partial charge in [-0.2, -0.15) is 0 Å². The highest BCUT2D eigenvalue weighted by atomic mass is 14.9. The fourth-order valence-corrected chi connectivity index (χ4v) is 1.08. The quantitative estimate of drug-likeness (QED) is 0.718. The highest BCUT2D eigenvalue weighted by Gasteiger charge is 1.99. The van der Waals surface area contributed by atoms with Crippen LogP contribution in [0.1, 0.15) is 25.5 Å². The molecule has 0 aliphatic heterocycles. The molecule has 0 saturated carbocycles. The molecule has 1 aromatic carbocycles. The normalized spacial score (nSPS) is 13.2. The van der Waals surface area contributed by atoms with Crippen molar-refractivity contribution in [1.82, 2.24) is 5.32 Å². The van der Waals surface area contributed by atoms with Gasteiger partial charge in [0.1, 0.15) is 0 Å². The number of rotatable bonds is 3. The Labute approximate surface area is 74.1 Å². The minimum Gasteiger partial charge on any atom is -0.385 e. The van der Waals surface area contributed by atoms with Crippen LogP contribution in [0.3, 0.4) is 0 Å². The van der Waals surface area contributed by atoms with E-state index in [1.54, 1.807) is 0 Å². The summed E-state index contributed by atoms with van der Waals surface area (Å²) in [5.41, 5.74) is 1.32. The monoisotopic (exact) mass is 161 g/mol. The minimum absolute atomic E-state index is 0.391. The van der Waals surface area contributed by atoms with Crippen molar-refractivity contribution >= 4 is 0 Å². The summed E-state index contributed by atoms with van der Waals surface area (Å²) >= 11 is 0. The third kappa shape index (κ3) is 2.42. The lowest BCUT2D eigenvalue weighted by molar-refractivity contribution is 0.686. The standard InChI is InChI=1S/C11H15N/c1-3-9-12-10(2)11-7-5-4-6-8-11/h3-10,12H,1-2H3/b9-3-. The van der Waals surface area contributed by atoms with Gasteiger partial charge in [-0.15, -0.1) is 0 Å². The Hall–Kier alpha value is -1.24. The Morgan fingerprint density at radius 3 is 2.50 bits per heavy atom. The minimum atomic E-state index is 0.391. The predicted octanol–water partition coefficient (Wildman–Crippen LogP) is 2.87. The Kier molecular flexibility index (Phi) is 3.39. The van der Waals surface area contributed by atoms with E-state index in [1.165, 1.54) is 5.56 Å². The van der Waals surface area contributed by atoms with Gasteiger partial charge in [0, 0.05) is 6.04 Å². The van der Waals surface area contributed by atoms with Crippen LogP contribution in [-0.4, -0.2) is 0 Å². The van der Waals surface area contributed by atoms with Gasteiger partial charge in [0.25, 0.3) is 0 Å². The molecule has 0 aliphatic carbocycles. The number of nitrogens with one attached hydrogen (secondary N) is 1. The van der Waals surface area contributed by atoms with Gasteiger partial charge in [0.15, 0.2) is 0 Å². The van der Waals surface area contributed by atoms with Crippen LogP contribution < -0.4 is 5.32 Å². The first-order chi connectivity index (χ1) is 5.84. The van der Waals surface area contributed by atoms with E-state index in [2.05, 4.69) is 36.5 Å². The van der Waals surface area contributed by atoms with Crippen LogP contribution in [0.25, 0.3) is 0 Å². The van der Waals surface area contributed by atoms with Gasteiger partial charge in [-0.05, 0) is 25.6 Å². The first-order valence-electron chi connectivity index (χ1n) is 4.26. The molecule has 1 aromatic rings. The second kappa shape index (κ2) is 4.60. The van der Waals surface area contributed by atoms with Crippen molar-refractivity contribution < 1.29 is 0 Å². The average molecular weight is 161 g/mol. The molecule has 0 heterocycles. The molecule has 0 spiro atoms. The zero-order chi connectivity index (χ0) is 8.81. The molecule has 0 fully saturated rings. The number of allylic oxidation sites excluding steroid dienone is 1. The van der Waals surface area contributed by atoms with Crippen LogP contribution >= 0.6 is 0 Å². The van der Waals surface area contributed by atoms with Crippen LogP contribution in [0.15, 0.2) is 42.6 Å². The van der Waals surface area contributed by atoms with E-state index in [-0.39, 0.29) is 0 Å². The van der Waals surface area contributed by atoms with Gasteiger partial charge in [-0.3, -0.25) is 0 Å². The Balaban J connectivity index is 2.59. The van der Waals surface area contributed by atoms with Crippen molar-refractivity contribution in [3.63, 3.8) is 0 Å². The molecule has 0 bridgehead atoms. The van der Waals surface area contributed by atoms with E-state index in [9.17, 15) is 0 Å². The first-order valence-corrected chi connectivity index (χ1v) is 4.26. The maximum absolute atomic E-state index is 3.27. The lowest BCUT2D eigenvalue weighted by atomic mass is 10.1. The lowest BCUT2D eigenvalue weighted by Gasteiger charge is -2.11. The van der Waals surface area contributed by atoms with E-state index in [1.807, 2.05) is 25.3 Å². The Morgan fingerprint density at radius 1 is 1.25 bits per heavy atom. The summed E-state index contributed by atoms with van der Waals surface area (Å²) in [6, 6.07) is 10.8. The molecule has 1 heteroatoms. The molecule has 0 aliphatic rings. The molecular weight excluding hydrogens is 146 g/mol. The molecule has 0 aromatic heterocycles. The highest BCUT2D eigenvalue weighted by Crippen LogP contribution is 2.10. The third-order valence-electron chi connectivity index (χ3n) is 1.81. The second-order valence-corrected chi connectivity index (χ2v) is 2.80. The molecule has 1 unspecified atom stereocenters. The van der Waals surface area contributed by atoms with Gasteiger partial charge in [0.2, 0.25) is 0 Å². The fraction of sp³-hybridized carbons (Fsp3) is 0.273. The van der Waals surface area contributed by atoms with Gasteiger partial charge < -0.3 is 5.32 Å². The fourth-order valence-electron chi connectivity index (χ4n) is 1.08. The van der Waals surface area contributed by atoms with Gasteiger partial charge >= 0.3 is 0 Å². The summed E-state index contributed by atoms with van der Waals surface area (Å²) in [5.74, 6) is 0. The second-order valence-electron chi connectivity index (χ2n) is 2.80. The molecule has 1 nitrogen and oxygen atoms in total. The molecule has 1 atom stereocenters. The predicted molar refractivity (Wildman–Crippen MR) is 52.8 cm³/mol. The maximum Gasteiger partial charge on any atom is 0.0480 e. The van der Waals surface area contributed by atoms with Crippen molar-refractivity contribution in [1.29, 1.82) is 0 Å². The summed E-state index contributed by atoms with van der Waals surface area (Å²) in [4.78, 5) is 0. The molecule has 0 radical (unpaired) electrons. The molecular formula is C11H15N.